The highest BCUT2D eigenvalue weighted by Crippen LogP contribution is 2.52. The topological polar surface area (TPSA) is 195 Å². The second kappa shape index (κ2) is 19.4. The summed E-state index contributed by atoms with van der Waals surface area (Å²) >= 11 is 6.95. The number of allylic oxidation sites excluding steroid dienone is 2. The zero-order chi connectivity index (χ0) is 41.6. The van der Waals surface area contributed by atoms with E-state index in [1.165, 1.54) is 11.3 Å². The van der Waals surface area contributed by atoms with Gasteiger partial charge in [-0.3, -0.25) is 19.3 Å². The fraction of sp³-hybridized carbons (Fsp3) is 0.651. The van der Waals surface area contributed by atoms with Crippen molar-refractivity contribution in [2.75, 3.05) is 51.3 Å². The molecule has 3 aliphatic carbocycles. The van der Waals surface area contributed by atoms with Crippen LogP contribution < -0.4 is 25.8 Å². The molecule has 0 radical (unpaired) electrons. The van der Waals surface area contributed by atoms with Crippen LogP contribution in [0.4, 0.5) is 10.6 Å². The maximum atomic E-state index is 14.4. The molecule has 5 N–H and O–H groups in total. The molecule has 0 spiro atoms. The molecule has 15 nitrogen and oxygen atoms in total. The third-order valence-corrected chi connectivity index (χ3v) is 12.6. The third-order valence-electron chi connectivity index (χ3n) is 12.2. The van der Waals surface area contributed by atoms with Crippen molar-refractivity contribution in [3.63, 3.8) is 0 Å². The number of hydrogen-bond donors (Lipinski definition) is 4. The summed E-state index contributed by atoms with van der Waals surface area (Å²) in [7, 11) is 0. The number of carboxylic acid groups (broad SMARTS) is 1. The standard InChI is InChI=1S/C43H59ClN6O9/c1-25(2)46-37-23-36(31-10-11-35(38(44)39(31)48-37)57-17-14-49-12-15-56-16-13-49)58-30-22-34(40(45)51)50(24-30)41(52)33(47-43(55)59-29-19-27-18-28(27)20-29)9-7-5-3-4-6-8-26-21-32(26)42(53)54/h6,8,10-11,23,25-30,32-34H,3-5,7,9,12-22,24H2,1-2H3,(H2,45,51)(H,46,48)(H,47,55)(H,53,54)/b8-6-/t26-,27-,28+,29+,30?,32+,33+,34+/m1/s1. The van der Waals surface area contributed by atoms with Crippen LogP contribution >= 0.6 is 11.6 Å². The first-order valence-electron chi connectivity index (χ1n) is 21.4. The van der Waals surface area contributed by atoms with Crippen molar-refractivity contribution in [3.8, 4) is 11.5 Å². The van der Waals surface area contributed by atoms with E-state index in [1.54, 1.807) is 12.1 Å². The van der Waals surface area contributed by atoms with E-state index in [0.717, 1.165) is 51.7 Å². The van der Waals surface area contributed by atoms with Crippen LogP contribution in [0.3, 0.4) is 0 Å². The molecule has 3 saturated carbocycles. The number of anilines is 1. The van der Waals surface area contributed by atoms with Crippen molar-refractivity contribution in [2.45, 2.75) is 108 Å². The Bertz CT molecular complexity index is 1860. The smallest absolute Gasteiger partial charge is 0.408 e. The van der Waals surface area contributed by atoms with Gasteiger partial charge >= 0.3 is 12.1 Å². The molecule has 16 heteroatoms. The highest BCUT2D eigenvalue weighted by molar-refractivity contribution is 6.36. The Morgan fingerprint density at radius 2 is 1.81 bits per heavy atom. The first kappa shape index (κ1) is 42.8. The van der Waals surface area contributed by atoms with Gasteiger partial charge in [0.25, 0.3) is 0 Å². The SMILES string of the molecule is CC(C)Nc1cc(OC2C[C@@H](C(N)=O)N(C(=O)[C@H](CCCCC/C=C\[C@@H]3C[C@@H]3C(=O)O)NC(=O)O[C@@H]3C[C@@H]4C[C@@H]4C3)C2)c2ccc(OCCN3CCOCC3)c(Cl)c2n1. The van der Waals surface area contributed by atoms with Gasteiger partial charge in [0.05, 0.1) is 31.2 Å². The van der Waals surface area contributed by atoms with E-state index in [2.05, 4.69) is 15.5 Å². The lowest BCUT2D eigenvalue weighted by Gasteiger charge is -2.28. The predicted octanol–water partition coefficient (Wildman–Crippen LogP) is 5.37. The summed E-state index contributed by atoms with van der Waals surface area (Å²) < 4.78 is 23.9. The fourth-order valence-electron chi connectivity index (χ4n) is 8.78. The molecule has 322 valence electrons. The number of ether oxygens (including phenoxy) is 4. The Morgan fingerprint density at radius 1 is 1.03 bits per heavy atom. The number of hydrogen-bond acceptors (Lipinski definition) is 11. The molecule has 5 aliphatic rings. The Morgan fingerprint density at radius 3 is 2.53 bits per heavy atom. The van der Waals surface area contributed by atoms with Crippen molar-refractivity contribution in [2.24, 2.45) is 29.4 Å². The number of benzene rings is 1. The van der Waals surface area contributed by atoms with Gasteiger partial charge in [0, 0.05) is 43.5 Å². The molecule has 2 saturated heterocycles. The number of likely N-dealkylation sites (tertiary alicyclic amines) is 1. The number of morpholine rings is 1. The van der Waals surface area contributed by atoms with Crippen LogP contribution in [0.25, 0.3) is 10.9 Å². The Hall–Kier alpha value is -4.34. The second-order valence-corrected chi connectivity index (χ2v) is 17.5. The average Bonchev–Trinajstić information content (AvgIpc) is 4.06. The number of nitrogens with one attached hydrogen (secondary N) is 2. The summed E-state index contributed by atoms with van der Waals surface area (Å²) in [5.74, 6) is 0.785. The summed E-state index contributed by atoms with van der Waals surface area (Å²) in [4.78, 5) is 60.1. The van der Waals surface area contributed by atoms with Crippen molar-refractivity contribution < 1.29 is 43.2 Å². The highest BCUT2D eigenvalue weighted by Gasteiger charge is 2.48. The number of alkyl carbamates (subject to hydrolysis) is 1. The van der Waals surface area contributed by atoms with Crippen LogP contribution in [0.1, 0.15) is 78.1 Å². The maximum absolute atomic E-state index is 14.4. The minimum Gasteiger partial charge on any atom is -0.491 e. The van der Waals surface area contributed by atoms with Gasteiger partial charge in [-0.25, -0.2) is 9.78 Å². The van der Waals surface area contributed by atoms with E-state index in [4.69, 9.17) is 46.4 Å². The van der Waals surface area contributed by atoms with E-state index in [0.29, 0.717) is 84.2 Å². The largest absolute Gasteiger partial charge is 0.491 e. The number of aromatic nitrogens is 1. The summed E-state index contributed by atoms with van der Waals surface area (Å²) in [5.41, 5.74) is 6.41. The molecular formula is C43H59ClN6O9. The number of carboxylic acids is 1. The number of nitrogens with two attached hydrogens (primary N) is 1. The summed E-state index contributed by atoms with van der Waals surface area (Å²) in [6, 6.07) is 3.62. The fourth-order valence-corrected chi connectivity index (χ4v) is 9.04. The third kappa shape index (κ3) is 11.3. The number of nitrogens with zero attached hydrogens (tertiary/aromatic N) is 3. The number of pyridine rings is 1. The van der Waals surface area contributed by atoms with Gasteiger partial charge in [-0.15, -0.1) is 0 Å². The molecule has 2 aliphatic heterocycles. The molecule has 1 aromatic heterocycles. The minimum absolute atomic E-state index is 0.0552. The number of amides is 3. The van der Waals surface area contributed by atoms with Crippen LogP contribution in [-0.2, 0) is 23.9 Å². The van der Waals surface area contributed by atoms with Gasteiger partial charge in [-0.05, 0) is 88.7 Å². The quantitative estimate of drug-likeness (QED) is 0.0985. The highest BCUT2D eigenvalue weighted by atomic mass is 35.5. The van der Waals surface area contributed by atoms with Gasteiger partial charge in [-0.2, -0.15) is 0 Å². The number of unbranched alkanes of at least 4 members (excludes halogenated alkanes) is 3. The minimum atomic E-state index is -0.951. The summed E-state index contributed by atoms with van der Waals surface area (Å²) in [6.07, 6.45) is 9.77. The van der Waals surface area contributed by atoms with E-state index in [-0.39, 0.29) is 36.9 Å². The molecule has 3 amide bonds. The number of fused-ring (bicyclic) bond motifs is 2. The number of rotatable bonds is 20. The number of primary amides is 1. The van der Waals surface area contributed by atoms with Crippen LogP contribution in [0, 0.1) is 23.7 Å². The Labute approximate surface area is 350 Å². The Kier molecular flexibility index (Phi) is 14.0. The molecule has 8 atom stereocenters. The maximum Gasteiger partial charge on any atom is 0.408 e. The summed E-state index contributed by atoms with van der Waals surface area (Å²) in [6.45, 7) is 8.36. The average molecular weight is 839 g/mol. The molecule has 0 bridgehead atoms. The zero-order valence-electron chi connectivity index (χ0n) is 34.1. The summed E-state index contributed by atoms with van der Waals surface area (Å²) in [5, 5.41) is 16.3. The number of aliphatic carboxylic acids is 1. The van der Waals surface area contributed by atoms with Crippen molar-refractivity contribution in [3.05, 3.63) is 35.4 Å². The lowest BCUT2D eigenvalue weighted by molar-refractivity contribution is -0.139. The van der Waals surface area contributed by atoms with Crippen LogP contribution in [0.5, 0.6) is 11.5 Å². The zero-order valence-corrected chi connectivity index (χ0v) is 34.9. The second-order valence-electron chi connectivity index (χ2n) is 17.1. The lowest BCUT2D eigenvalue weighted by atomic mass is 10.0. The molecule has 7 rings (SSSR count). The van der Waals surface area contributed by atoms with E-state index in [1.807, 2.05) is 32.1 Å². The van der Waals surface area contributed by atoms with E-state index >= 15 is 0 Å². The first-order chi connectivity index (χ1) is 28.4. The monoisotopic (exact) mass is 838 g/mol. The van der Waals surface area contributed by atoms with Gasteiger partial charge < -0.3 is 45.3 Å². The van der Waals surface area contributed by atoms with Crippen LogP contribution in [-0.4, -0.2) is 120 Å². The van der Waals surface area contributed by atoms with Gasteiger partial charge in [-0.1, -0.05) is 36.6 Å². The van der Waals surface area contributed by atoms with Crippen molar-refractivity contribution in [1.29, 1.82) is 0 Å². The molecule has 3 heterocycles. The van der Waals surface area contributed by atoms with Crippen LogP contribution in [0.15, 0.2) is 30.4 Å². The number of halogens is 1. The van der Waals surface area contributed by atoms with Gasteiger partial charge in [0.15, 0.2) is 0 Å². The molecule has 5 fully saturated rings. The molecule has 1 unspecified atom stereocenters. The van der Waals surface area contributed by atoms with Gasteiger partial charge in [0.1, 0.15) is 53.2 Å². The number of carbonyl (C=O) groups excluding carboxylic acids is 3. The van der Waals surface area contributed by atoms with Crippen molar-refractivity contribution in [1.82, 2.24) is 20.1 Å². The Balaban J connectivity index is 1.02. The van der Waals surface area contributed by atoms with Crippen molar-refractivity contribution >= 4 is 52.2 Å². The van der Waals surface area contributed by atoms with E-state index < -0.39 is 42.1 Å². The van der Waals surface area contributed by atoms with Crippen LogP contribution in [0.2, 0.25) is 5.02 Å². The van der Waals surface area contributed by atoms with Gasteiger partial charge in [0.2, 0.25) is 11.8 Å². The molecule has 2 aromatic rings. The van der Waals surface area contributed by atoms with E-state index in [9.17, 15) is 19.2 Å². The first-order valence-corrected chi connectivity index (χ1v) is 21.8. The molecule has 1 aromatic carbocycles. The normalized spacial score (nSPS) is 26.8. The predicted molar refractivity (Wildman–Crippen MR) is 221 cm³/mol. The number of carbonyl (C=O) groups is 4. The molecular weight excluding hydrogens is 780 g/mol. The lowest BCUT2D eigenvalue weighted by Crippen LogP contribution is -2.53. The molecule has 59 heavy (non-hydrogen) atoms.